The molecule has 2 aliphatic heterocycles. The fraction of sp³-hybridized carbons (Fsp3) is 0.500. The van der Waals surface area contributed by atoms with Crippen molar-refractivity contribution < 1.29 is 0 Å². The number of hydrogen-bond acceptors (Lipinski definition) is 1. The van der Waals surface area contributed by atoms with Crippen LogP contribution < -0.4 is 0 Å². The first kappa shape index (κ1) is 14.1. The van der Waals surface area contributed by atoms with Crippen molar-refractivity contribution in [3.05, 3.63) is 47.7 Å². The van der Waals surface area contributed by atoms with Crippen molar-refractivity contribution in [2.45, 2.75) is 32.6 Å². The molecule has 0 aliphatic carbocycles. The van der Waals surface area contributed by atoms with Crippen LogP contribution >= 0.6 is 0 Å². The standard InChI is InChI=1S/C20H26N2/c1-3-20-11-6-13-22(15-20)14-10-17-16-7-4-5-8-18(16)21(2)19(17)9-12-20/h4-8,11H,3,9-10,12-15H2,1-2H3. The summed E-state index contributed by atoms with van der Waals surface area (Å²) in [5, 5.41) is 1.47. The van der Waals surface area contributed by atoms with Crippen molar-refractivity contribution >= 4 is 10.9 Å². The molecule has 0 fully saturated rings. The van der Waals surface area contributed by atoms with Crippen LogP contribution in [0.2, 0.25) is 0 Å². The van der Waals surface area contributed by atoms with E-state index in [2.05, 4.69) is 59.9 Å². The van der Waals surface area contributed by atoms with Gasteiger partial charge in [0.05, 0.1) is 0 Å². The van der Waals surface area contributed by atoms with Gasteiger partial charge >= 0.3 is 0 Å². The van der Waals surface area contributed by atoms with E-state index in [9.17, 15) is 0 Å². The average Bonchev–Trinajstić information content (AvgIpc) is 2.85. The molecule has 0 N–H and O–H groups in total. The van der Waals surface area contributed by atoms with Crippen LogP contribution in [0.3, 0.4) is 0 Å². The second-order valence-corrected chi connectivity index (χ2v) is 7.10. The zero-order valence-electron chi connectivity index (χ0n) is 13.8. The number of benzene rings is 1. The number of hydrogen-bond donors (Lipinski definition) is 0. The molecule has 0 saturated carbocycles. The first-order valence-electron chi connectivity index (χ1n) is 8.68. The molecule has 116 valence electrons. The lowest BCUT2D eigenvalue weighted by Crippen LogP contribution is -2.40. The van der Waals surface area contributed by atoms with Crippen LogP contribution in [0.15, 0.2) is 36.4 Å². The summed E-state index contributed by atoms with van der Waals surface area (Å²) in [7, 11) is 2.25. The molecule has 2 nitrogen and oxygen atoms in total. The number of rotatable bonds is 1. The average molecular weight is 294 g/mol. The van der Waals surface area contributed by atoms with E-state index in [-0.39, 0.29) is 0 Å². The van der Waals surface area contributed by atoms with E-state index in [1.165, 1.54) is 49.7 Å². The third-order valence-corrected chi connectivity index (χ3v) is 5.96. The topological polar surface area (TPSA) is 8.17 Å². The van der Waals surface area contributed by atoms with Gasteiger partial charge in [0.15, 0.2) is 0 Å². The largest absolute Gasteiger partial charge is 0.347 e. The van der Waals surface area contributed by atoms with Crippen LogP contribution in [0, 0.1) is 5.41 Å². The SMILES string of the molecule is CCC12C=CCN(CCc3c(n(C)c4ccccc34)CC1)C2. The molecule has 1 aromatic carbocycles. The van der Waals surface area contributed by atoms with Crippen LogP contribution in [0.5, 0.6) is 0 Å². The highest BCUT2D eigenvalue weighted by molar-refractivity contribution is 5.85. The molecule has 0 saturated heterocycles. The third kappa shape index (κ3) is 2.13. The summed E-state index contributed by atoms with van der Waals surface area (Å²) in [6.07, 6.45) is 9.82. The van der Waals surface area contributed by atoms with Crippen LogP contribution in [0.1, 0.15) is 31.0 Å². The molecule has 2 unspecified atom stereocenters. The Morgan fingerprint density at radius 3 is 2.91 bits per heavy atom. The van der Waals surface area contributed by atoms with E-state index in [0.29, 0.717) is 5.41 Å². The Morgan fingerprint density at radius 1 is 1.18 bits per heavy atom. The molecule has 2 aromatic rings. The van der Waals surface area contributed by atoms with Crippen molar-refractivity contribution in [3.8, 4) is 0 Å². The highest BCUT2D eigenvalue weighted by Gasteiger charge is 2.32. The molecule has 4 rings (SSSR count). The maximum Gasteiger partial charge on any atom is 0.0482 e. The molecule has 1 aromatic heterocycles. The monoisotopic (exact) mass is 294 g/mol. The Morgan fingerprint density at radius 2 is 2.05 bits per heavy atom. The van der Waals surface area contributed by atoms with Crippen LogP contribution in [0.4, 0.5) is 0 Å². The Kier molecular flexibility index (Phi) is 3.37. The molecule has 22 heavy (non-hydrogen) atoms. The number of nitrogens with zero attached hydrogens (tertiary/aromatic N) is 2. The predicted molar refractivity (Wildman–Crippen MR) is 93.2 cm³/mol. The Balaban J connectivity index is 1.82. The Labute approximate surface area is 133 Å². The molecule has 2 heteroatoms. The summed E-state index contributed by atoms with van der Waals surface area (Å²) in [6.45, 7) is 5.91. The summed E-state index contributed by atoms with van der Waals surface area (Å²) >= 11 is 0. The molecule has 2 bridgehead atoms. The van der Waals surface area contributed by atoms with Crippen molar-refractivity contribution in [1.29, 1.82) is 0 Å². The fourth-order valence-electron chi connectivity index (χ4n) is 4.51. The van der Waals surface area contributed by atoms with Gasteiger partial charge in [-0.25, -0.2) is 0 Å². The second-order valence-electron chi connectivity index (χ2n) is 7.10. The zero-order chi connectivity index (χ0) is 15.2. The highest BCUT2D eigenvalue weighted by Crippen LogP contribution is 2.37. The summed E-state index contributed by atoms with van der Waals surface area (Å²) in [6, 6.07) is 8.92. The summed E-state index contributed by atoms with van der Waals surface area (Å²) in [5.41, 5.74) is 4.94. The minimum Gasteiger partial charge on any atom is -0.347 e. The number of fused-ring (bicyclic) bond motifs is 5. The normalized spacial score (nSPS) is 28.0. The lowest BCUT2D eigenvalue weighted by atomic mass is 9.78. The molecule has 0 amide bonds. The smallest absolute Gasteiger partial charge is 0.0482 e. The molecular formula is C20H26N2. The van der Waals surface area contributed by atoms with Crippen molar-refractivity contribution in [1.82, 2.24) is 9.47 Å². The molecule has 2 atom stereocenters. The molecule has 0 spiro atoms. The lowest BCUT2D eigenvalue weighted by Gasteiger charge is -2.38. The quantitative estimate of drug-likeness (QED) is 0.723. The van der Waals surface area contributed by atoms with Crippen molar-refractivity contribution in [2.75, 3.05) is 19.6 Å². The van der Waals surface area contributed by atoms with Gasteiger partial charge in [-0.15, -0.1) is 0 Å². The summed E-state index contributed by atoms with van der Waals surface area (Å²) < 4.78 is 2.45. The first-order valence-corrected chi connectivity index (χ1v) is 8.68. The van der Waals surface area contributed by atoms with Gasteiger partial charge in [0.1, 0.15) is 0 Å². The summed E-state index contributed by atoms with van der Waals surface area (Å²) in [4.78, 5) is 2.65. The molecule has 2 aliphatic rings. The summed E-state index contributed by atoms with van der Waals surface area (Å²) in [5.74, 6) is 0. The predicted octanol–water partition coefficient (Wildman–Crippen LogP) is 3.94. The van der Waals surface area contributed by atoms with E-state index in [1.807, 2.05) is 0 Å². The van der Waals surface area contributed by atoms with E-state index < -0.39 is 0 Å². The zero-order valence-corrected chi connectivity index (χ0v) is 13.8. The van der Waals surface area contributed by atoms with Gasteiger partial charge in [0.25, 0.3) is 0 Å². The van der Waals surface area contributed by atoms with Crippen LogP contribution in [0.25, 0.3) is 10.9 Å². The van der Waals surface area contributed by atoms with E-state index in [4.69, 9.17) is 0 Å². The molecule has 3 heterocycles. The maximum atomic E-state index is 2.65. The Bertz CT molecular complexity index is 725. The van der Waals surface area contributed by atoms with Gasteiger partial charge in [-0.2, -0.15) is 0 Å². The second kappa shape index (κ2) is 5.27. The highest BCUT2D eigenvalue weighted by atomic mass is 15.1. The van der Waals surface area contributed by atoms with E-state index in [0.717, 1.165) is 6.54 Å². The minimum absolute atomic E-state index is 0.385. The maximum absolute atomic E-state index is 2.65. The van der Waals surface area contributed by atoms with Gasteiger partial charge in [-0.05, 0) is 37.3 Å². The van der Waals surface area contributed by atoms with E-state index >= 15 is 0 Å². The number of aryl methyl sites for hydroxylation is 1. The van der Waals surface area contributed by atoms with Gasteiger partial charge in [0.2, 0.25) is 0 Å². The van der Waals surface area contributed by atoms with Crippen LogP contribution in [-0.4, -0.2) is 29.1 Å². The number of para-hydroxylation sites is 1. The van der Waals surface area contributed by atoms with Crippen molar-refractivity contribution in [3.63, 3.8) is 0 Å². The molecule has 0 radical (unpaired) electrons. The lowest BCUT2D eigenvalue weighted by molar-refractivity contribution is 0.175. The van der Waals surface area contributed by atoms with Crippen molar-refractivity contribution in [2.24, 2.45) is 12.5 Å². The number of aromatic nitrogens is 1. The van der Waals surface area contributed by atoms with Gasteiger partial charge in [-0.3, -0.25) is 4.90 Å². The first-order chi connectivity index (χ1) is 10.7. The van der Waals surface area contributed by atoms with Crippen LogP contribution in [-0.2, 0) is 19.9 Å². The van der Waals surface area contributed by atoms with Gasteiger partial charge in [0, 0.05) is 48.7 Å². The third-order valence-electron chi connectivity index (χ3n) is 5.96. The fourth-order valence-corrected chi connectivity index (χ4v) is 4.51. The Hall–Kier alpha value is -1.54. The van der Waals surface area contributed by atoms with E-state index in [1.54, 1.807) is 11.3 Å². The van der Waals surface area contributed by atoms with Gasteiger partial charge < -0.3 is 4.57 Å². The molecular weight excluding hydrogens is 268 g/mol. The minimum atomic E-state index is 0.385. The van der Waals surface area contributed by atoms with Gasteiger partial charge in [-0.1, -0.05) is 37.3 Å².